The lowest BCUT2D eigenvalue weighted by Gasteiger charge is -2.30. The van der Waals surface area contributed by atoms with Gasteiger partial charge in [0.1, 0.15) is 5.00 Å². The van der Waals surface area contributed by atoms with Crippen LogP contribution in [0.1, 0.15) is 40.6 Å². The second kappa shape index (κ2) is 8.32. The van der Waals surface area contributed by atoms with Crippen LogP contribution in [-0.4, -0.2) is 64.7 Å². The molecular formula is C17H24N2O7S3. The number of esters is 1. The zero-order valence-corrected chi connectivity index (χ0v) is 18.7. The summed E-state index contributed by atoms with van der Waals surface area (Å²) in [5.74, 6) is -1.74. The minimum Gasteiger partial charge on any atom is -0.462 e. The van der Waals surface area contributed by atoms with Crippen LogP contribution in [0.3, 0.4) is 0 Å². The van der Waals surface area contributed by atoms with Crippen molar-refractivity contribution < 1.29 is 31.2 Å². The molecule has 1 saturated heterocycles. The first-order chi connectivity index (χ1) is 13.5. The van der Waals surface area contributed by atoms with E-state index in [1.165, 1.54) is 4.31 Å². The normalized spacial score (nSPS) is 21.9. The molecule has 3 rings (SSSR count). The molecular weight excluding hydrogens is 440 g/mol. The summed E-state index contributed by atoms with van der Waals surface area (Å²) >= 11 is 1.07. The summed E-state index contributed by atoms with van der Waals surface area (Å²) in [4.78, 5) is 25.9. The lowest BCUT2D eigenvalue weighted by atomic mass is 9.98. The SMILES string of the molecule is CCOC(=O)c1c(NC(=O)C2CCCN(S(C)(=O)=O)C2)sc2c1CCS(=O)(=O)C2. The van der Waals surface area contributed by atoms with Crippen LogP contribution in [0.5, 0.6) is 0 Å². The molecule has 1 N–H and O–H groups in total. The highest BCUT2D eigenvalue weighted by molar-refractivity contribution is 7.90. The first-order valence-electron chi connectivity index (χ1n) is 9.30. The topological polar surface area (TPSA) is 127 Å². The molecule has 1 fully saturated rings. The van der Waals surface area contributed by atoms with Crippen LogP contribution in [0.25, 0.3) is 0 Å². The fraction of sp³-hybridized carbons (Fsp3) is 0.647. The van der Waals surface area contributed by atoms with Gasteiger partial charge in [-0.25, -0.2) is 25.9 Å². The lowest BCUT2D eigenvalue weighted by molar-refractivity contribution is -0.120. The second-order valence-corrected chi connectivity index (χ2v) is 12.5. The van der Waals surface area contributed by atoms with Crippen LogP contribution in [0.15, 0.2) is 0 Å². The van der Waals surface area contributed by atoms with Gasteiger partial charge in [-0.2, -0.15) is 0 Å². The fourth-order valence-corrected chi connectivity index (χ4v) is 7.55. The van der Waals surface area contributed by atoms with Crippen molar-refractivity contribution in [1.29, 1.82) is 0 Å². The molecule has 3 heterocycles. The van der Waals surface area contributed by atoms with Crippen LogP contribution >= 0.6 is 11.3 Å². The number of piperidine rings is 1. The quantitative estimate of drug-likeness (QED) is 0.644. The first-order valence-corrected chi connectivity index (χ1v) is 13.8. The summed E-state index contributed by atoms with van der Waals surface area (Å²) in [5.41, 5.74) is 0.825. The number of hydrogen-bond acceptors (Lipinski definition) is 8. The number of ether oxygens (including phenoxy) is 1. The zero-order valence-electron chi connectivity index (χ0n) is 16.3. The molecule has 162 valence electrons. The number of fused-ring (bicyclic) bond motifs is 1. The van der Waals surface area contributed by atoms with Crippen LogP contribution in [0.4, 0.5) is 5.00 Å². The molecule has 0 aliphatic carbocycles. The minimum atomic E-state index is -3.39. The summed E-state index contributed by atoms with van der Waals surface area (Å²) in [6, 6.07) is 0. The van der Waals surface area contributed by atoms with Gasteiger partial charge < -0.3 is 10.1 Å². The Balaban J connectivity index is 1.87. The average Bonchev–Trinajstić information content (AvgIpc) is 2.97. The number of thiophene rings is 1. The van der Waals surface area contributed by atoms with E-state index in [0.29, 0.717) is 29.8 Å². The Bertz CT molecular complexity index is 1030. The number of nitrogens with one attached hydrogen (secondary N) is 1. The van der Waals surface area contributed by atoms with Gasteiger partial charge in [0.15, 0.2) is 9.84 Å². The van der Waals surface area contributed by atoms with Gasteiger partial charge in [0.05, 0.1) is 35.8 Å². The third-order valence-corrected chi connectivity index (χ3v) is 9.20. The van der Waals surface area contributed by atoms with Crippen LogP contribution < -0.4 is 5.32 Å². The van der Waals surface area contributed by atoms with Gasteiger partial charge in [0, 0.05) is 18.0 Å². The Morgan fingerprint density at radius 2 is 2.07 bits per heavy atom. The van der Waals surface area contributed by atoms with E-state index < -0.39 is 31.7 Å². The molecule has 0 radical (unpaired) electrons. The number of nitrogens with zero attached hydrogens (tertiary/aromatic N) is 1. The number of rotatable bonds is 5. The maximum atomic E-state index is 12.8. The minimum absolute atomic E-state index is 0.0531. The van der Waals surface area contributed by atoms with E-state index in [4.69, 9.17) is 4.74 Å². The number of anilines is 1. The number of carbonyl (C=O) groups is 2. The molecule has 9 nitrogen and oxygen atoms in total. The third-order valence-electron chi connectivity index (χ3n) is 5.04. The van der Waals surface area contributed by atoms with Gasteiger partial charge in [-0.3, -0.25) is 4.79 Å². The van der Waals surface area contributed by atoms with Crippen LogP contribution in [0.2, 0.25) is 0 Å². The van der Waals surface area contributed by atoms with Crippen molar-refractivity contribution in [3.05, 3.63) is 16.0 Å². The van der Waals surface area contributed by atoms with E-state index in [0.717, 1.165) is 17.6 Å². The maximum Gasteiger partial charge on any atom is 0.341 e. The predicted octanol–water partition coefficient (Wildman–Crippen LogP) is 1.01. The Labute approximate surface area is 174 Å². The predicted molar refractivity (Wildman–Crippen MR) is 109 cm³/mol. The van der Waals surface area contributed by atoms with Crippen molar-refractivity contribution in [1.82, 2.24) is 4.31 Å². The Morgan fingerprint density at radius 3 is 2.72 bits per heavy atom. The Kier molecular flexibility index (Phi) is 6.37. The average molecular weight is 465 g/mol. The van der Waals surface area contributed by atoms with E-state index in [9.17, 15) is 26.4 Å². The van der Waals surface area contributed by atoms with Crippen molar-refractivity contribution in [3.63, 3.8) is 0 Å². The Hall–Kier alpha value is -1.50. The zero-order chi connectivity index (χ0) is 21.4. The summed E-state index contributed by atoms with van der Waals surface area (Å²) < 4.78 is 53.9. The third kappa shape index (κ3) is 4.98. The summed E-state index contributed by atoms with van der Waals surface area (Å²) in [7, 11) is -6.63. The van der Waals surface area contributed by atoms with Crippen LogP contribution in [0, 0.1) is 5.92 Å². The number of carbonyl (C=O) groups excluding carboxylic acids is 2. The largest absolute Gasteiger partial charge is 0.462 e. The van der Waals surface area contributed by atoms with E-state index in [1.54, 1.807) is 6.92 Å². The van der Waals surface area contributed by atoms with E-state index in [-0.39, 0.29) is 47.5 Å². The molecule has 2 aliphatic rings. The van der Waals surface area contributed by atoms with Gasteiger partial charge >= 0.3 is 5.97 Å². The molecule has 0 spiro atoms. The second-order valence-electron chi connectivity index (χ2n) is 7.22. The van der Waals surface area contributed by atoms with Gasteiger partial charge in [-0.05, 0) is 31.7 Å². The molecule has 1 atom stereocenters. The van der Waals surface area contributed by atoms with Crippen molar-refractivity contribution in [3.8, 4) is 0 Å². The maximum absolute atomic E-state index is 12.8. The Morgan fingerprint density at radius 1 is 1.34 bits per heavy atom. The molecule has 1 amide bonds. The van der Waals surface area contributed by atoms with E-state index >= 15 is 0 Å². The van der Waals surface area contributed by atoms with Crippen molar-refractivity contribution in [2.24, 2.45) is 5.92 Å². The number of sulfonamides is 1. The molecule has 1 unspecified atom stereocenters. The van der Waals surface area contributed by atoms with Crippen molar-refractivity contribution >= 4 is 48.1 Å². The highest BCUT2D eigenvalue weighted by Crippen LogP contribution is 2.39. The van der Waals surface area contributed by atoms with Crippen LogP contribution in [-0.2, 0) is 41.6 Å². The molecule has 0 bridgehead atoms. The standard InChI is InChI=1S/C17H24N2O7S3/c1-3-26-17(21)14-12-6-8-29(24,25)10-13(12)27-16(14)18-15(20)11-5-4-7-19(9-11)28(2,22)23/h11H,3-10H2,1-2H3,(H,18,20). The number of amides is 1. The van der Waals surface area contributed by atoms with E-state index in [1.807, 2.05) is 0 Å². The van der Waals surface area contributed by atoms with Crippen molar-refractivity contribution in [2.45, 2.75) is 31.9 Å². The van der Waals surface area contributed by atoms with Crippen molar-refractivity contribution in [2.75, 3.05) is 37.0 Å². The van der Waals surface area contributed by atoms with Gasteiger partial charge in [0.25, 0.3) is 0 Å². The molecule has 1 aromatic rings. The molecule has 2 aliphatic heterocycles. The van der Waals surface area contributed by atoms with E-state index in [2.05, 4.69) is 5.32 Å². The number of sulfone groups is 1. The molecule has 1 aromatic heterocycles. The first kappa shape index (κ1) is 22.2. The molecule has 12 heteroatoms. The van der Waals surface area contributed by atoms with Gasteiger partial charge in [0.2, 0.25) is 15.9 Å². The lowest BCUT2D eigenvalue weighted by Crippen LogP contribution is -2.43. The smallest absolute Gasteiger partial charge is 0.341 e. The summed E-state index contributed by atoms with van der Waals surface area (Å²) in [6.45, 7) is 2.28. The molecule has 0 aromatic carbocycles. The fourth-order valence-electron chi connectivity index (χ4n) is 3.60. The number of hydrogen-bond donors (Lipinski definition) is 1. The molecule has 0 saturated carbocycles. The van der Waals surface area contributed by atoms with Gasteiger partial charge in [-0.15, -0.1) is 11.3 Å². The monoisotopic (exact) mass is 464 g/mol. The highest BCUT2D eigenvalue weighted by atomic mass is 32.2. The van der Waals surface area contributed by atoms with Gasteiger partial charge in [-0.1, -0.05) is 0 Å². The highest BCUT2D eigenvalue weighted by Gasteiger charge is 2.34. The molecule has 29 heavy (non-hydrogen) atoms. The summed E-state index contributed by atoms with van der Waals surface area (Å²) in [5, 5.41) is 3.01. The summed E-state index contributed by atoms with van der Waals surface area (Å²) in [6.07, 6.45) is 2.41.